The molecule has 0 amide bonds. The minimum absolute atomic E-state index is 0.330. The van der Waals surface area contributed by atoms with Crippen LogP contribution in [0.25, 0.3) is 0 Å². The molecule has 0 unspecified atom stereocenters. The van der Waals surface area contributed by atoms with Gasteiger partial charge in [0, 0.05) is 19.2 Å². The summed E-state index contributed by atoms with van der Waals surface area (Å²) in [4.78, 5) is 2.11. The van der Waals surface area contributed by atoms with E-state index in [0.29, 0.717) is 16.5 Å². The van der Waals surface area contributed by atoms with Crippen molar-refractivity contribution in [2.45, 2.75) is 13.3 Å². The SMILES string of the molecule is CCN(CCc1ccc(C#N)cc1)c1cc(Cl)nnc1N. The maximum absolute atomic E-state index is 8.79. The van der Waals surface area contributed by atoms with Crippen LogP contribution in [0.3, 0.4) is 0 Å². The maximum Gasteiger partial charge on any atom is 0.169 e. The van der Waals surface area contributed by atoms with Crippen LogP contribution in [0.2, 0.25) is 5.15 Å². The zero-order valence-corrected chi connectivity index (χ0v) is 12.5. The van der Waals surface area contributed by atoms with Gasteiger partial charge in [-0.1, -0.05) is 23.7 Å². The first-order valence-corrected chi connectivity index (χ1v) is 7.04. The molecule has 6 heteroatoms. The predicted octanol–water partition coefficient (Wildman–Crippen LogP) is 2.65. The van der Waals surface area contributed by atoms with Gasteiger partial charge >= 0.3 is 0 Å². The number of nitriles is 1. The Balaban J connectivity index is 2.08. The van der Waals surface area contributed by atoms with Crippen LogP contribution in [-0.4, -0.2) is 23.3 Å². The highest BCUT2D eigenvalue weighted by atomic mass is 35.5. The van der Waals surface area contributed by atoms with Gasteiger partial charge in [-0.3, -0.25) is 0 Å². The first-order chi connectivity index (χ1) is 10.1. The van der Waals surface area contributed by atoms with Crippen molar-refractivity contribution in [2.24, 2.45) is 0 Å². The monoisotopic (exact) mass is 301 g/mol. The number of benzene rings is 1. The van der Waals surface area contributed by atoms with Crippen molar-refractivity contribution in [1.82, 2.24) is 10.2 Å². The summed E-state index contributed by atoms with van der Waals surface area (Å²) >= 11 is 5.88. The molecule has 2 aromatic rings. The fraction of sp³-hybridized carbons (Fsp3) is 0.267. The van der Waals surface area contributed by atoms with Crippen LogP contribution in [0.15, 0.2) is 30.3 Å². The van der Waals surface area contributed by atoms with Crippen molar-refractivity contribution in [3.05, 3.63) is 46.6 Å². The van der Waals surface area contributed by atoms with Gasteiger partial charge in [0.05, 0.1) is 17.3 Å². The zero-order valence-electron chi connectivity index (χ0n) is 11.8. The summed E-state index contributed by atoms with van der Waals surface area (Å²) in [5.41, 5.74) is 8.49. The van der Waals surface area contributed by atoms with Crippen molar-refractivity contribution >= 4 is 23.1 Å². The lowest BCUT2D eigenvalue weighted by atomic mass is 10.1. The summed E-state index contributed by atoms with van der Waals surface area (Å²) < 4.78 is 0. The molecule has 0 saturated heterocycles. The highest BCUT2D eigenvalue weighted by Gasteiger charge is 2.11. The molecule has 2 rings (SSSR count). The second-order valence-corrected chi connectivity index (χ2v) is 4.96. The van der Waals surface area contributed by atoms with E-state index in [4.69, 9.17) is 22.6 Å². The third kappa shape index (κ3) is 3.83. The second kappa shape index (κ2) is 6.91. The molecule has 0 spiro atoms. The Kier molecular flexibility index (Phi) is 4.96. The van der Waals surface area contributed by atoms with Crippen LogP contribution in [0, 0.1) is 11.3 Å². The van der Waals surface area contributed by atoms with Crippen LogP contribution < -0.4 is 10.6 Å². The number of hydrogen-bond acceptors (Lipinski definition) is 5. The van der Waals surface area contributed by atoms with Crippen LogP contribution >= 0.6 is 11.6 Å². The molecule has 0 bridgehead atoms. The number of hydrogen-bond donors (Lipinski definition) is 1. The molecule has 108 valence electrons. The predicted molar refractivity (Wildman–Crippen MR) is 84.2 cm³/mol. The minimum atomic E-state index is 0.330. The quantitative estimate of drug-likeness (QED) is 0.918. The molecular weight excluding hydrogens is 286 g/mol. The van der Waals surface area contributed by atoms with Gasteiger partial charge in [-0.05, 0) is 31.0 Å². The number of nitrogens with zero attached hydrogens (tertiary/aromatic N) is 4. The molecule has 0 aliphatic heterocycles. The maximum atomic E-state index is 8.79. The number of nitrogen functional groups attached to an aromatic ring is 1. The van der Waals surface area contributed by atoms with Gasteiger partial charge in [-0.2, -0.15) is 5.26 Å². The molecule has 0 radical (unpaired) electrons. The lowest BCUT2D eigenvalue weighted by molar-refractivity contribution is 0.804. The fourth-order valence-electron chi connectivity index (χ4n) is 2.08. The molecule has 0 saturated carbocycles. The van der Waals surface area contributed by atoms with Crippen molar-refractivity contribution in [3.8, 4) is 6.07 Å². The highest BCUT2D eigenvalue weighted by molar-refractivity contribution is 6.29. The van der Waals surface area contributed by atoms with E-state index in [2.05, 4.69) is 21.2 Å². The average molecular weight is 302 g/mol. The van der Waals surface area contributed by atoms with Crippen LogP contribution in [0.1, 0.15) is 18.1 Å². The molecule has 1 aromatic carbocycles. The van der Waals surface area contributed by atoms with E-state index in [1.165, 1.54) is 5.56 Å². The first kappa shape index (κ1) is 15.1. The molecule has 2 N–H and O–H groups in total. The van der Waals surface area contributed by atoms with Gasteiger partial charge in [0.1, 0.15) is 0 Å². The van der Waals surface area contributed by atoms with Gasteiger partial charge in [-0.15, -0.1) is 10.2 Å². The summed E-state index contributed by atoms with van der Waals surface area (Å²) in [7, 11) is 0. The van der Waals surface area contributed by atoms with E-state index in [1.807, 2.05) is 31.2 Å². The molecule has 0 atom stereocenters. The van der Waals surface area contributed by atoms with E-state index in [-0.39, 0.29) is 0 Å². The normalized spacial score (nSPS) is 10.1. The Bertz CT molecular complexity index is 648. The molecule has 1 aromatic heterocycles. The molecule has 0 aliphatic rings. The smallest absolute Gasteiger partial charge is 0.169 e. The summed E-state index contributed by atoms with van der Waals surface area (Å²) in [5.74, 6) is 0.376. The van der Waals surface area contributed by atoms with Gasteiger partial charge < -0.3 is 10.6 Å². The fourth-order valence-corrected chi connectivity index (χ4v) is 2.22. The number of aromatic nitrogens is 2. The Morgan fingerprint density at radius 3 is 2.62 bits per heavy atom. The summed E-state index contributed by atoms with van der Waals surface area (Å²) in [6.07, 6.45) is 0.846. The van der Waals surface area contributed by atoms with E-state index >= 15 is 0 Å². The number of likely N-dealkylation sites (N-methyl/N-ethyl adjacent to an activating group) is 1. The molecule has 0 aliphatic carbocycles. The minimum Gasteiger partial charge on any atom is -0.380 e. The number of halogens is 1. The second-order valence-electron chi connectivity index (χ2n) is 4.58. The number of rotatable bonds is 5. The number of nitrogens with two attached hydrogens (primary N) is 1. The van der Waals surface area contributed by atoms with E-state index in [1.54, 1.807) is 6.07 Å². The van der Waals surface area contributed by atoms with Crippen LogP contribution in [0.4, 0.5) is 11.5 Å². The Hall–Kier alpha value is -2.32. The van der Waals surface area contributed by atoms with Crippen LogP contribution in [0.5, 0.6) is 0 Å². The molecule has 21 heavy (non-hydrogen) atoms. The molecular formula is C15H16ClN5. The molecule has 0 fully saturated rings. The third-order valence-electron chi connectivity index (χ3n) is 3.25. The van der Waals surface area contributed by atoms with Crippen molar-refractivity contribution in [2.75, 3.05) is 23.7 Å². The van der Waals surface area contributed by atoms with E-state index in [9.17, 15) is 0 Å². The Morgan fingerprint density at radius 2 is 2.00 bits per heavy atom. The summed E-state index contributed by atoms with van der Waals surface area (Å²) in [6.45, 7) is 3.63. The van der Waals surface area contributed by atoms with Gasteiger partial charge in [0.25, 0.3) is 0 Å². The zero-order chi connectivity index (χ0) is 15.2. The van der Waals surface area contributed by atoms with Gasteiger partial charge in [0.2, 0.25) is 0 Å². The Morgan fingerprint density at radius 1 is 1.29 bits per heavy atom. The lowest BCUT2D eigenvalue weighted by Crippen LogP contribution is -2.26. The van der Waals surface area contributed by atoms with Crippen molar-refractivity contribution in [1.29, 1.82) is 5.26 Å². The average Bonchev–Trinajstić information content (AvgIpc) is 2.51. The largest absolute Gasteiger partial charge is 0.380 e. The Labute approximate surface area is 129 Å². The highest BCUT2D eigenvalue weighted by Crippen LogP contribution is 2.23. The van der Waals surface area contributed by atoms with E-state index in [0.717, 1.165) is 25.2 Å². The van der Waals surface area contributed by atoms with E-state index < -0.39 is 0 Å². The number of anilines is 2. The first-order valence-electron chi connectivity index (χ1n) is 6.66. The standard InChI is InChI=1S/C15H16ClN5/c1-2-21(13-9-14(16)19-20-15(13)18)8-7-11-3-5-12(10-17)6-4-11/h3-6,9H,2,7-8H2,1H3,(H2,18,20). The van der Waals surface area contributed by atoms with Crippen LogP contribution in [-0.2, 0) is 6.42 Å². The molecule has 1 heterocycles. The third-order valence-corrected chi connectivity index (χ3v) is 3.43. The summed E-state index contributed by atoms with van der Waals surface area (Å²) in [5, 5.41) is 16.7. The summed E-state index contributed by atoms with van der Waals surface area (Å²) in [6, 6.07) is 11.4. The lowest BCUT2D eigenvalue weighted by Gasteiger charge is -2.23. The van der Waals surface area contributed by atoms with Crippen molar-refractivity contribution < 1.29 is 0 Å². The topological polar surface area (TPSA) is 78.8 Å². The van der Waals surface area contributed by atoms with Crippen molar-refractivity contribution in [3.63, 3.8) is 0 Å². The van der Waals surface area contributed by atoms with Gasteiger partial charge in [0.15, 0.2) is 11.0 Å². The van der Waals surface area contributed by atoms with Gasteiger partial charge in [-0.25, -0.2) is 0 Å². The molecule has 5 nitrogen and oxygen atoms in total.